The van der Waals surface area contributed by atoms with Gasteiger partial charge in [0.25, 0.3) is 0 Å². The number of hydrogen-bond donors (Lipinski definition) is 1. The van der Waals surface area contributed by atoms with Crippen molar-refractivity contribution >= 4 is 15.9 Å². The summed E-state index contributed by atoms with van der Waals surface area (Å²) in [6.45, 7) is 1.52. The van der Waals surface area contributed by atoms with Gasteiger partial charge in [-0.05, 0) is 59.3 Å². The average molecular weight is 270 g/mol. The van der Waals surface area contributed by atoms with E-state index in [1.807, 2.05) is 12.1 Å². The number of halogens is 1. The molecule has 0 heterocycles. The molecule has 0 unspecified atom stereocenters. The third-order valence-corrected chi connectivity index (χ3v) is 3.53. The second kappa shape index (κ2) is 4.99. The van der Waals surface area contributed by atoms with E-state index in [2.05, 4.69) is 22.0 Å². The zero-order chi connectivity index (χ0) is 10.7. The van der Waals surface area contributed by atoms with Gasteiger partial charge in [-0.3, -0.25) is 0 Å². The highest BCUT2D eigenvalue weighted by molar-refractivity contribution is 9.10. The Morgan fingerprint density at radius 1 is 1.40 bits per heavy atom. The lowest BCUT2D eigenvalue weighted by Gasteiger charge is -2.10. The first kappa shape index (κ1) is 11.0. The van der Waals surface area contributed by atoms with Gasteiger partial charge in [-0.2, -0.15) is 0 Å². The molecule has 1 aromatic rings. The summed E-state index contributed by atoms with van der Waals surface area (Å²) in [5.74, 6) is 1.74. The van der Waals surface area contributed by atoms with E-state index in [9.17, 15) is 0 Å². The molecule has 0 amide bonds. The highest BCUT2D eigenvalue weighted by Crippen LogP contribution is 2.33. The molecule has 1 saturated carbocycles. The molecule has 0 saturated heterocycles. The van der Waals surface area contributed by atoms with E-state index < -0.39 is 0 Å². The molecule has 0 aromatic heterocycles. The van der Waals surface area contributed by atoms with Crippen LogP contribution in [0, 0.1) is 5.92 Å². The monoisotopic (exact) mass is 269 g/mol. The van der Waals surface area contributed by atoms with Gasteiger partial charge in [-0.15, -0.1) is 0 Å². The minimum Gasteiger partial charge on any atom is -0.492 e. The number of hydrogen-bond acceptors (Lipinski definition) is 2. The lowest BCUT2D eigenvalue weighted by molar-refractivity contribution is 0.297. The van der Waals surface area contributed by atoms with Crippen molar-refractivity contribution in [3.8, 4) is 5.75 Å². The summed E-state index contributed by atoms with van der Waals surface area (Å²) in [7, 11) is 0. The van der Waals surface area contributed by atoms with Crippen LogP contribution in [0.2, 0.25) is 0 Å². The van der Waals surface area contributed by atoms with Crippen LogP contribution in [0.15, 0.2) is 22.7 Å². The fraction of sp³-hybridized carbons (Fsp3) is 0.500. The SMILES string of the molecule is NCCc1cccc(OCC2CC2)c1Br. The van der Waals surface area contributed by atoms with Crippen molar-refractivity contribution in [1.82, 2.24) is 0 Å². The molecule has 0 radical (unpaired) electrons. The van der Waals surface area contributed by atoms with E-state index >= 15 is 0 Å². The van der Waals surface area contributed by atoms with Crippen molar-refractivity contribution in [2.75, 3.05) is 13.2 Å². The molecule has 0 bridgehead atoms. The smallest absolute Gasteiger partial charge is 0.133 e. The zero-order valence-electron chi connectivity index (χ0n) is 8.71. The van der Waals surface area contributed by atoms with Crippen molar-refractivity contribution in [3.63, 3.8) is 0 Å². The van der Waals surface area contributed by atoms with Crippen molar-refractivity contribution < 1.29 is 4.74 Å². The van der Waals surface area contributed by atoms with Crippen LogP contribution in [0.4, 0.5) is 0 Å². The highest BCUT2D eigenvalue weighted by atomic mass is 79.9. The standard InChI is InChI=1S/C12H16BrNO/c13-12-10(6-7-14)2-1-3-11(12)15-8-9-4-5-9/h1-3,9H,4-8,14H2. The molecule has 82 valence electrons. The third kappa shape index (κ3) is 2.95. The Hall–Kier alpha value is -0.540. The molecule has 2 nitrogen and oxygen atoms in total. The quantitative estimate of drug-likeness (QED) is 0.892. The second-order valence-corrected chi connectivity index (χ2v) is 4.82. The molecular weight excluding hydrogens is 254 g/mol. The van der Waals surface area contributed by atoms with Crippen molar-refractivity contribution in [1.29, 1.82) is 0 Å². The molecule has 0 atom stereocenters. The van der Waals surface area contributed by atoms with Crippen molar-refractivity contribution in [3.05, 3.63) is 28.2 Å². The minimum atomic E-state index is 0.671. The topological polar surface area (TPSA) is 35.2 Å². The fourth-order valence-corrected chi connectivity index (χ4v) is 2.09. The Labute approximate surface area is 98.9 Å². The van der Waals surface area contributed by atoms with Gasteiger partial charge in [0.2, 0.25) is 0 Å². The van der Waals surface area contributed by atoms with Gasteiger partial charge in [0, 0.05) is 0 Å². The Morgan fingerprint density at radius 3 is 2.87 bits per heavy atom. The number of rotatable bonds is 5. The number of nitrogens with two attached hydrogens (primary N) is 1. The van der Waals surface area contributed by atoms with E-state index in [-0.39, 0.29) is 0 Å². The number of benzene rings is 1. The van der Waals surface area contributed by atoms with Crippen molar-refractivity contribution in [2.24, 2.45) is 11.7 Å². The average Bonchev–Trinajstić information content (AvgIpc) is 3.03. The molecule has 0 spiro atoms. The molecule has 2 rings (SSSR count). The van der Waals surface area contributed by atoms with Crippen LogP contribution in [0.3, 0.4) is 0 Å². The lowest BCUT2D eigenvalue weighted by Crippen LogP contribution is -2.05. The van der Waals surface area contributed by atoms with Gasteiger partial charge in [-0.1, -0.05) is 12.1 Å². The van der Waals surface area contributed by atoms with Gasteiger partial charge in [0.1, 0.15) is 5.75 Å². The third-order valence-electron chi connectivity index (χ3n) is 2.63. The Bertz CT molecular complexity index is 336. The Kier molecular flexibility index (Phi) is 3.65. The first-order chi connectivity index (χ1) is 7.31. The van der Waals surface area contributed by atoms with Gasteiger partial charge < -0.3 is 10.5 Å². The summed E-state index contributed by atoms with van der Waals surface area (Å²) >= 11 is 3.57. The molecule has 1 fully saturated rings. The van der Waals surface area contributed by atoms with E-state index in [4.69, 9.17) is 10.5 Å². The van der Waals surface area contributed by atoms with Crippen LogP contribution in [-0.4, -0.2) is 13.2 Å². The first-order valence-corrected chi connectivity index (χ1v) is 6.21. The van der Waals surface area contributed by atoms with Crippen LogP contribution < -0.4 is 10.5 Å². The predicted molar refractivity (Wildman–Crippen MR) is 65.1 cm³/mol. The summed E-state index contributed by atoms with van der Waals surface area (Å²) in [4.78, 5) is 0. The van der Waals surface area contributed by atoms with E-state index in [1.165, 1.54) is 18.4 Å². The molecular formula is C12H16BrNO. The lowest BCUT2D eigenvalue weighted by atomic mass is 10.1. The summed E-state index contributed by atoms with van der Waals surface area (Å²) in [6, 6.07) is 6.12. The summed E-state index contributed by atoms with van der Waals surface area (Å²) in [5, 5.41) is 0. The molecule has 1 aliphatic rings. The van der Waals surface area contributed by atoms with Gasteiger partial charge in [0.05, 0.1) is 11.1 Å². The Balaban J connectivity index is 2.04. The van der Waals surface area contributed by atoms with Crippen LogP contribution in [-0.2, 0) is 6.42 Å². The maximum atomic E-state index is 5.76. The largest absolute Gasteiger partial charge is 0.492 e. The minimum absolute atomic E-state index is 0.671. The molecule has 15 heavy (non-hydrogen) atoms. The molecule has 1 aromatic carbocycles. The fourth-order valence-electron chi connectivity index (χ4n) is 1.51. The molecule has 2 N–H and O–H groups in total. The molecule has 0 aliphatic heterocycles. The summed E-state index contributed by atoms with van der Waals surface area (Å²) < 4.78 is 6.83. The maximum Gasteiger partial charge on any atom is 0.133 e. The molecule has 3 heteroatoms. The summed E-state index contributed by atoms with van der Waals surface area (Å²) in [5.41, 5.74) is 6.78. The van der Waals surface area contributed by atoms with Crippen LogP contribution >= 0.6 is 15.9 Å². The first-order valence-electron chi connectivity index (χ1n) is 5.41. The van der Waals surface area contributed by atoms with E-state index in [0.29, 0.717) is 6.54 Å². The Morgan fingerprint density at radius 2 is 2.20 bits per heavy atom. The van der Waals surface area contributed by atoms with Crippen molar-refractivity contribution in [2.45, 2.75) is 19.3 Å². The van der Waals surface area contributed by atoms with Crippen LogP contribution in [0.5, 0.6) is 5.75 Å². The second-order valence-electron chi connectivity index (χ2n) is 4.02. The van der Waals surface area contributed by atoms with E-state index in [0.717, 1.165) is 29.2 Å². The highest BCUT2D eigenvalue weighted by Gasteiger charge is 2.22. The predicted octanol–water partition coefficient (Wildman–Crippen LogP) is 2.74. The normalized spacial score (nSPS) is 15.3. The van der Waals surface area contributed by atoms with Gasteiger partial charge >= 0.3 is 0 Å². The maximum absolute atomic E-state index is 5.76. The van der Waals surface area contributed by atoms with Crippen LogP contribution in [0.25, 0.3) is 0 Å². The van der Waals surface area contributed by atoms with Crippen LogP contribution in [0.1, 0.15) is 18.4 Å². The van der Waals surface area contributed by atoms with Gasteiger partial charge in [-0.25, -0.2) is 0 Å². The van der Waals surface area contributed by atoms with E-state index in [1.54, 1.807) is 0 Å². The number of ether oxygens (including phenoxy) is 1. The zero-order valence-corrected chi connectivity index (χ0v) is 10.3. The summed E-state index contributed by atoms with van der Waals surface area (Å²) in [6.07, 6.45) is 3.53. The molecule has 1 aliphatic carbocycles. The van der Waals surface area contributed by atoms with Gasteiger partial charge in [0.15, 0.2) is 0 Å².